The lowest BCUT2D eigenvalue weighted by atomic mass is 10.1. The first-order valence-corrected chi connectivity index (χ1v) is 11.9. The Labute approximate surface area is 189 Å². The van der Waals surface area contributed by atoms with E-state index in [9.17, 15) is 13.2 Å². The van der Waals surface area contributed by atoms with Crippen LogP contribution in [0.15, 0.2) is 66.1 Å². The SMILES string of the molecule is O=C(c1ccc(-c2c[nH]cn2)cc1)N1CCN(S(=O)(=O)c2cc3cc(Cl)ccc3[nH]2)CC1. The van der Waals surface area contributed by atoms with Gasteiger partial charge in [-0.1, -0.05) is 23.7 Å². The zero-order valence-electron chi connectivity index (χ0n) is 17.0. The highest BCUT2D eigenvalue weighted by Crippen LogP contribution is 2.25. The van der Waals surface area contributed by atoms with Crippen molar-refractivity contribution in [1.82, 2.24) is 24.2 Å². The molecule has 10 heteroatoms. The molecule has 164 valence electrons. The number of hydrogen-bond donors (Lipinski definition) is 2. The molecule has 4 aromatic rings. The van der Waals surface area contributed by atoms with Crippen molar-refractivity contribution in [1.29, 1.82) is 0 Å². The third-order valence-electron chi connectivity index (χ3n) is 5.63. The number of imidazole rings is 1. The highest BCUT2D eigenvalue weighted by atomic mass is 35.5. The lowest BCUT2D eigenvalue weighted by Gasteiger charge is -2.33. The number of nitrogens with zero attached hydrogens (tertiary/aromatic N) is 3. The molecule has 2 N–H and O–H groups in total. The predicted molar refractivity (Wildman–Crippen MR) is 122 cm³/mol. The van der Waals surface area contributed by atoms with Gasteiger partial charge in [0.1, 0.15) is 5.03 Å². The number of fused-ring (bicyclic) bond motifs is 1. The Bertz CT molecular complexity index is 1370. The highest BCUT2D eigenvalue weighted by molar-refractivity contribution is 7.89. The molecule has 0 spiro atoms. The molecule has 5 rings (SSSR count). The van der Waals surface area contributed by atoms with Gasteiger partial charge in [-0.2, -0.15) is 4.31 Å². The van der Waals surface area contributed by atoms with E-state index in [1.807, 2.05) is 12.1 Å². The fourth-order valence-corrected chi connectivity index (χ4v) is 5.49. The smallest absolute Gasteiger partial charge is 0.258 e. The van der Waals surface area contributed by atoms with E-state index >= 15 is 0 Å². The average molecular weight is 470 g/mol. The third kappa shape index (κ3) is 3.79. The molecular formula is C22H20ClN5O3S. The van der Waals surface area contributed by atoms with Crippen LogP contribution >= 0.6 is 11.6 Å². The molecule has 1 aliphatic rings. The van der Waals surface area contributed by atoms with E-state index < -0.39 is 10.0 Å². The van der Waals surface area contributed by atoms with Crippen molar-refractivity contribution in [2.45, 2.75) is 5.03 Å². The van der Waals surface area contributed by atoms with Gasteiger partial charge >= 0.3 is 0 Å². The molecule has 0 aliphatic carbocycles. The second-order valence-corrected chi connectivity index (χ2v) is 9.94. The van der Waals surface area contributed by atoms with E-state index in [1.165, 1.54) is 4.31 Å². The van der Waals surface area contributed by atoms with Crippen LogP contribution in [0.2, 0.25) is 5.02 Å². The zero-order valence-corrected chi connectivity index (χ0v) is 18.5. The van der Waals surface area contributed by atoms with Crippen molar-refractivity contribution < 1.29 is 13.2 Å². The number of carbonyl (C=O) groups is 1. The number of amides is 1. The number of sulfonamides is 1. The number of halogens is 1. The summed E-state index contributed by atoms with van der Waals surface area (Å²) in [5.74, 6) is -0.115. The summed E-state index contributed by atoms with van der Waals surface area (Å²) in [4.78, 5) is 24.6. The highest BCUT2D eigenvalue weighted by Gasteiger charge is 2.31. The van der Waals surface area contributed by atoms with Crippen molar-refractivity contribution in [2.24, 2.45) is 0 Å². The Morgan fingerprint density at radius 3 is 2.44 bits per heavy atom. The molecular weight excluding hydrogens is 450 g/mol. The predicted octanol–water partition coefficient (Wildman–Crippen LogP) is 3.36. The van der Waals surface area contributed by atoms with E-state index in [1.54, 1.807) is 53.8 Å². The van der Waals surface area contributed by atoms with Crippen molar-refractivity contribution in [3.63, 3.8) is 0 Å². The van der Waals surface area contributed by atoms with Crippen LogP contribution in [0.1, 0.15) is 10.4 Å². The maximum absolute atomic E-state index is 13.1. The number of nitrogens with one attached hydrogen (secondary N) is 2. The number of hydrogen-bond acceptors (Lipinski definition) is 4. The maximum Gasteiger partial charge on any atom is 0.258 e. The number of aromatic amines is 2. The van der Waals surface area contributed by atoms with Crippen LogP contribution in [0.4, 0.5) is 0 Å². The lowest BCUT2D eigenvalue weighted by Crippen LogP contribution is -2.50. The van der Waals surface area contributed by atoms with E-state index in [-0.39, 0.29) is 24.0 Å². The summed E-state index contributed by atoms with van der Waals surface area (Å²) in [6.07, 6.45) is 3.39. The van der Waals surface area contributed by atoms with E-state index in [0.29, 0.717) is 29.2 Å². The molecule has 2 aromatic heterocycles. The van der Waals surface area contributed by atoms with Gasteiger partial charge in [0.15, 0.2) is 0 Å². The number of H-pyrrole nitrogens is 2. The van der Waals surface area contributed by atoms with Crippen LogP contribution in [0.5, 0.6) is 0 Å². The van der Waals surface area contributed by atoms with Crippen molar-refractivity contribution in [2.75, 3.05) is 26.2 Å². The van der Waals surface area contributed by atoms with Crippen LogP contribution in [0, 0.1) is 0 Å². The van der Waals surface area contributed by atoms with E-state index in [0.717, 1.165) is 16.6 Å². The molecule has 2 aromatic carbocycles. The lowest BCUT2D eigenvalue weighted by molar-refractivity contribution is 0.0698. The minimum atomic E-state index is -3.69. The molecule has 3 heterocycles. The summed E-state index contributed by atoms with van der Waals surface area (Å²) in [6.45, 7) is 1.11. The molecule has 0 atom stereocenters. The standard InChI is InChI=1S/C22H20ClN5O3S/c23-18-5-6-19-17(11-18)12-21(26-19)32(30,31)28-9-7-27(8-10-28)22(29)16-3-1-15(2-4-16)20-13-24-14-25-20/h1-6,11-14,26H,7-10H2,(H,24,25). The van der Waals surface area contributed by atoms with Crippen molar-refractivity contribution in [3.05, 3.63) is 71.6 Å². The molecule has 8 nitrogen and oxygen atoms in total. The molecule has 1 amide bonds. The number of piperazine rings is 1. The summed E-state index contributed by atoms with van der Waals surface area (Å²) in [5.41, 5.74) is 2.99. The van der Waals surface area contributed by atoms with Gasteiger partial charge in [-0.15, -0.1) is 0 Å². The Hall–Kier alpha value is -3.14. The van der Waals surface area contributed by atoms with Gasteiger partial charge in [0, 0.05) is 59.4 Å². The Morgan fingerprint density at radius 1 is 1.00 bits per heavy atom. The molecule has 0 unspecified atom stereocenters. The third-order valence-corrected chi connectivity index (χ3v) is 7.68. The Balaban J connectivity index is 1.27. The summed E-state index contributed by atoms with van der Waals surface area (Å²) in [5, 5.41) is 1.41. The molecule has 0 saturated carbocycles. The Morgan fingerprint density at radius 2 is 1.75 bits per heavy atom. The molecule has 0 bridgehead atoms. The van der Waals surface area contributed by atoms with Crippen molar-refractivity contribution >= 4 is 38.4 Å². The summed E-state index contributed by atoms with van der Waals surface area (Å²) in [7, 11) is -3.69. The molecule has 1 fully saturated rings. The largest absolute Gasteiger partial charge is 0.351 e. The van der Waals surface area contributed by atoms with E-state index in [2.05, 4.69) is 15.0 Å². The summed E-state index contributed by atoms with van der Waals surface area (Å²) < 4.78 is 27.6. The second-order valence-electron chi connectivity index (χ2n) is 7.59. The molecule has 32 heavy (non-hydrogen) atoms. The van der Waals surface area contributed by atoms with Crippen molar-refractivity contribution in [3.8, 4) is 11.3 Å². The monoisotopic (exact) mass is 469 g/mol. The summed E-state index contributed by atoms with van der Waals surface area (Å²) >= 11 is 6.01. The molecule has 1 saturated heterocycles. The summed E-state index contributed by atoms with van der Waals surface area (Å²) in [6, 6.07) is 14.0. The second kappa shape index (κ2) is 8.09. The van der Waals surface area contributed by atoms with Crippen LogP contribution in [-0.4, -0.2) is 64.7 Å². The van der Waals surface area contributed by atoms with Crippen LogP contribution in [-0.2, 0) is 10.0 Å². The molecule has 1 aliphatic heterocycles. The van der Waals surface area contributed by atoms with Crippen LogP contribution in [0.3, 0.4) is 0 Å². The minimum Gasteiger partial charge on any atom is -0.351 e. The van der Waals surface area contributed by atoms with E-state index in [4.69, 9.17) is 11.6 Å². The zero-order chi connectivity index (χ0) is 22.3. The fourth-order valence-electron chi connectivity index (χ4n) is 3.87. The number of benzene rings is 2. The van der Waals surface area contributed by atoms with Gasteiger partial charge in [0.05, 0.1) is 12.0 Å². The quantitative estimate of drug-likeness (QED) is 0.478. The number of rotatable bonds is 4. The number of aromatic nitrogens is 3. The van der Waals surface area contributed by atoms with Gasteiger partial charge in [-0.05, 0) is 36.4 Å². The minimum absolute atomic E-state index is 0.115. The normalized spacial score (nSPS) is 15.3. The number of carbonyl (C=O) groups excluding carboxylic acids is 1. The van der Waals surface area contributed by atoms with Gasteiger partial charge < -0.3 is 14.9 Å². The average Bonchev–Trinajstić information content (AvgIpc) is 3.49. The van der Waals surface area contributed by atoms with Gasteiger partial charge in [0.2, 0.25) is 0 Å². The molecule has 0 radical (unpaired) electrons. The van der Waals surface area contributed by atoms with Gasteiger partial charge in [0.25, 0.3) is 15.9 Å². The Kier molecular flexibility index (Phi) is 5.24. The van der Waals surface area contributed by atoms with Gasteiger partial charge in [-0.25, -0.2) is 13.4 Å². The first-order valence-electron chi connectivity index (χ1n) is 10.1. The van der Waals surface area contributed by atoms with Crippen LogP contribution < -0.4 is 0 Å². The first kappa shape index (κ1) is 20.7. The van der Waals surface area contributed by atoms with Gasteiger partial charge in [-0.3, -0.25) is 4.79 Å². The first-order chi connectivity index (χ1) is 15.4. The topological polar surface area (TPSA) is 102 Å². The van der Waals surface area contributed by atoms with Crippen LogP contribution in [0.25, 0.3) is 22.2 Å². The maximum atomic E-state index is 13.1. The fraction of sp³-hybridized carbons (Fsp3) is 0.182.